The SMILES string of the molecule is CCCCNC(N)=NCc1ccc(OCC(C)C)cc1.I. The lowest BCUT2D eigenvalue weighted by molar-refractivity contribution is 0.271. The molecule has 21 heavy (non-hydrogen) atoms. The number of nitrogens with zero attached hydrogens (tertiary/aromatic N) is 1. The summed E-state index contributed by atoms with van der Waals surface area (Å²) in [5, 5.41) is 3.10. The van der Waals surface area contributed by atoms with Crippen LogP contribution in [0.3, 0.4) is 0 Å². The van der Waals surface area contributed by atoms with E-state index >= 15 is 0 Å². The molecule has 0 radical (unpaired) electrons. The van der Waals surface area contributed by atoms with Gasteiger partial charge in [-0.05, 0) is 30.0 Å². The molecular formula is C16H28IN3O. The van der Waals surface area contributed by atoms with E-state index in [1.165, 1.54) is 0 Å². The van der Waals surface area contributed by atoms with Gasteiger partial charge in [0.2, 0.25) is 0 Å². The van der Waals surface area contributed by atoms with Crippen molar-refractivity contribution in [2.75, 3.05) is 13.2 Å². The van der Waals surface area contributed by atoms with Gasteiger partial charge in [0, 0.05) is 6.54 Å². The van der Waals surface area contributed by atoms with Crippen LogP contribution in [0.2, 0.25) is 0 Å². The molecule has 0 unspecified atom stereocenters. The summed E-state index contributed by atoms with van der Waals surface area (Å²) in [6.45, 7) is 8.64. The molecule has 3 N–H and O–H groups in total. The van der Waals surface area contributed by atoms with Gasteiger partial charge in [-0.25, -0.2) is 4.99 Å². The second-order valence-corrected chi connectivity index (χ2v) is 5.33. The predicted molar refractivity (Wildman–Crippen MR) is 100 cm³/mol. The zero-order valence-electron chi connectivity index (χ0n) is 13.3. The maximum absolute atomic E-state index is 5.79. The van der Waals surface area contributed by atoms with Gasteiger partial charge in [0.05, 0.1) is 13.2 Å². The van der Waals surface area contributed by atoms with Crippen molar-refractivity contribution in [2.45, 2.75) is 40.2 Å². The van der Waals surface area contributed by atoms with Crippen LogP contribution in [0.5, 0.6) is 5.75 Å². The van der Waals surface area contributed by atoms with Crippen LogP contribution >= 0.6 is 24.0 Å². The van der Waals surface area contributed by atoms with Gasteiger partial charge in [0.25, 0.3) is 0 Å². The van der Waals surface area contributed by atoms with Crippen molar-refractivity contribution >= 4 is 29.9 Å². The number of nitrogens with two attached hydrogens (primary N) is 1. The fourth-order valence-corrected chi connectivity index (χ4v) is 1.58. The van der Waals surface area contributed by atoms with Crippen LogP contribution in [-0.4, -0.2) is 19.1 Å². The van der Waals surface area contributed by atoms with Gasteiger partial charge in [-0.3, -0.25) is 0 Å². The van der Waals surface area contributed by atoms with Crippen molar-refractivity contribution < 1.29 is 4.74 Å². The quantitative estimate of drug-likeness (QED) is 0.301. The van der Waals surface area contributed by atoms with E-state index in [0.717, 1.165) is 37.3 Å². The minimum absolute atomic E-state index is 0. The highest BCUT2D eigenvalue weighted by Crippen LogP contribution is 2.13. The van der Waals surface area contributed by atoms with E-state index in [9.17, 15) is 0 Å². The number of unbranched alkanes of at least 4 members (excludes halogenated alkanes) is 1. The fourth-order valence-electron chi connectivity index (χ4n) is 1.58. The minimum Gasteiger partial charge on any atom is -0.493 e. The highest BCUT2D eigenvalue weighted by Gasteiger charge is 1.98. The van der Waals surface area contributed by atoms with E-state index < -0.39 is 0 Å². The molecule has 0 saturated heterocycles. The Kier molecular flexibility index (Phi) is 11.1. The Morgan fingerprint density at radius 3 is 2.52 bits per heavy atom. The molecule has 1 aromatic carbocycles. The summed E-state index contributed by atoms with van der Waals surface area (Å²) in [4.78, 5) is 4.31. The number of benzene rings is 1. The van der Waals surface area contributed by atoms with Gasteiger partial charge >= 0.3 is 0 Å². The lowest BCUT2D eigenvalue weighted by Crippen LogP contribution is -2.32. The van der Waals surface area contributed by atoms with Crippen molar-refractivity contribution in [3.63, 3.8) is 0 Å². The normalized spacial score (nSPS) is 11.1. The molecule has 0 saturated carbocycles. The number of nitrogens with one attached hydrogen (secondary N) is 1. The number of halogens is 1. The third-order valence-corrected chi connectivity index (χ3v) is 2.78. The van der Waals surface area contributed by atoms with E-state index in [0.29, 0.717) is 18.4 Å². The summed E-state index contributed by atoms with van der Waals surface area (Å²) in [6, 6.07) is 8.01. The third kappa shape index (κ3) is 9.55. The monoisotopic (exact) mass is 405 g/mol. The molecule has 0 aromatic heterocycles. The first-order chi connectivity index (χ1) is 9.61. The molecule has 0 fully saturated rings. The van der Waals surface area contributed by atoms with E-state index in [1.54, 1.807) is 0 Å². The maximum atomic E-state index is 5.79. The zero-order valence-corrected chi connectivity index (χ0v) is 15.6. The Morgan fingerprint density at radius 1 is 1.29 bits per heavy atom. The first-order valence-electron chi connectivity index (χ1n) is 7.37. The largest absolute Gasteiger partial charge is 0.493 e. The smallest absolute Gasteiger partial charge is 0.188 e. The topological polar surface area (TPSA) is 59.6 Å². The number of hydrogen-bond acceptors (Lipinski definition) is 2. The molecule has 0 spiro atoms. The van der Waals surface area contributed by atoms with Crippen LogP contribution in [0.4, 0.5) is 0 Å². The molecule has 0 aliphatic carbocycles. The molecule has 1 aromatic rings. The Labute approximate surface area is 145 Å². The summed E-state index contributed by atoms with van der Waals surface area (Å²) >= 11 is 0. The third-order valence-electron chi connectivity index (χ3n) is 2.78. The van der Waals surface area contributed by atoms with Crippen molar-refractivity contribution in [3.8, 4) is 5.75 Å². The molecular weight excluding hydrogens is 377 g/mol. The second kappa shape index (κ2) is 11.7. The number of rotatable bonds is 8. The molecule has 0 bridgehead atoms. The van der Waals surface area contributed by atoms with Crippen LogP contribution < -0.4 is 15.8 Å². The standard InChI is InChI=1S/C16H27N3O.HI/c1-4-5-10-18-16(17)19-11-14-6-8-15(9-7-14)20-12-13(2)3;/h6-9,13H,4-5,10-12H2,1-3H3,(H3,17,18,19);1H. The summed E-state index contributed by atoms with van der Waals surface area (Å²) in [5.41, 5.74) is 6.91. The highest BCUT2D eigenvalue weighted by molar-refractivity contribution is 14.0. The number of aliphatic imine (C=N–C) groups is 1. The summed E-state index contributed by atoms with van der Waals surface area (Å²) in [6.07, 6.45) is 2.26. The Balaban J connectivity index is 0.00000400. The Morgan fingerprint density at radius 2 is 1.95 bits per heavy atom. The summed E-state index contributed by atoms with van der Waals surface area (Å²) in [5.74, 6) is 1.95. The van der Waals surface area contributed by atoms with Crippen molar-refractivity contribution in [1.29, 1.82) is 0 Å². The summed E-state index contributed by atoms with van der Waals surface area (Å²) < 4.78 is 5.64. The molecule has 0 atom stereocenters. The van der Waals surface area contributed by atoms with Crippen LogP contribution in [0.15, 0.2) is 29.3 Å². The van der Waals surface area contributed by atoms with Crippen molar-refractivity contribution in [2.24, 2.45) is 16.6 Å². The second-order valence-electron chi connectivity index (χ2n) is 5.33. The molecule has 1 rings (SSSR count). The van der Waals surface area contributed by atoms with Gasteiger partial charge < -0.3 is 15.8 Å². The lowest BCUT2D eigenvalue weighted by Gasteiger charge is -2.09. The molecule has 0 aliphatic heterocycles. The molecule has 0 amide bonds. The first-order valence-corrected chi connectivity index (χ1v) is 7.37. The van der Waals surface area contributed by atoms with Gasteiger partial charge in [-0.2, -0.15) is 0 Å². The highest BCUT2D eigenvalue weighted by atomic mass is 127. The zero-order chi connectivity index (χ0) is 14.8. The summed E-state index contributed by atoms with van der Waals surface area (Å²) in [7, 11) is 0. The molecule has 5 heteroatoms. The average molecular weight is 405 g/mol. The Bertz CT molecular complexity index is 404. The molecule has 120 valence electrons. The first kappa shape index (κ1) is 20.0. The van der Waals surface area contributed by atoms with Gasteiger partial charge in [-0.1, -0.05) is 39.3 Å². The van der Waals surface area contributed by atoms with Crippen LogP contribution in [0.1, 0.15) is 39.2 Å². The molecule has 0 heterocycles. The minimum atomic E-state index is 0. The maximum Gasteiger partial charge on any atom is 0.188 e. The van der Waals surface area contributed by atoms with Crippen LogP contribution in [0.25, 0.3) is 0 Å². The van der Waals surface area contributed by atoms with Gasteiger partial charge in [0.1, 0.15) is 5.75 Å². The van der Waals surface area contributed by atoms with Crippen molar-refractivity contribution in [3.05, 3.63) is 29.8 Å². The number of ether oxygens (including phenoxy) is 1. The average Bonchev–Trinajstić information content (AvgIpc) is 2.44. The van der Waals surface area contributed by atoms with Crippen LogP contribution in [-0.2, 0) is 6.54 Å². The van der Waals surface area contributed by atoms with Crippen LogP contribution in [0, 0.1) is 5.92 Å². The fraction of sp³-hybridized carbons (Fsp3) is 0.562. The van der Waals surface area contributed by atoms with E-state index in [1.807, 2.05) is 24.3 Å². The predicted octanol–water partition coefficient (Wildman–Crippen LogP) is 3.54. The molecule has 4 nitrogen and oxygen atoms in total. The van der Waals surface area contributed by atoms with Gasteiger partial charge in [0.15, 0.2) is 5.96 Å². The van der Waals surface area contributed by atoms with E-state index in [2.05, 4.69) is 31.1 Å². The Hall–Kier alpha value is -0.980. The van der Waals surface area contributed by atoms with E-state index in [4.69, 9.17) is 10.5 Å². The molecule has 0 aliphatic rings. The van der Waals surface area contributed by atoms with E-state index in [-0.39, 0.29) is 24.0 Å². The number of guanidine groups is 1. The van der Waals surface area contributed by atoms with Crippen molar-refractivity contribution in [1.82, 2.24) is 5.32 Å². The van der Waals surface area contributed by atoms with Gasteiger partial charge in [-0.15, -0.1) is 24.0 Å². The lowest BCUT2D eigenvalue weighted by atomic mass is 10.2. The number of hydrogen-bond donors (Lipinski definition) is 2.